The fraction of sp³-hybridized carbons (Fsp3) is 0.450. The highest BCUT2D eigenvalue weighted by Gasteiger charge is 2.30. The Morgan fingerprint density at radius 2 is 1.80 bits per heavy atom. The number of carbonyl (C=O) groups is 1. The second-order valence-electron chi connectivity index (χ2n) is 6.85. The second-order valence-corrected chi connectivity index (χ2v) is 7.83. The first kappa shape index (κ1) is 16.6. The van der Waals surface area contributed by atoms with Crippen molar-refractivity contribution < 1.29 is 4.79 Å². The maximum absolute atomic E-state index is 12.8. The van der Waals surface area contributed by atoms with Gasteiger partial charge in [0.25, 0.3) is 0 Å². The number of benzene rings is 1. The lowest BCUT2D eigenvalue weighted by Gasteiger charge is -2.37. The van der Waals surface area contributed by atoms with Crippen molar-refractivity contribution in [1.82, 2.24) is 9.80 Å². The highest BCUT2D eigenvalue weighted by atomic mass is 32.1. The van der Waals surface area contributed by atoms with Crippen molar-refractivity contribution in [3.63, 3.8) is 0 Å². The number of thiophene rings is 1. The molecule has 1 amide bonds. The molecule has 2 aliphatic rings. The van der Waals surface area contributed by atoms with Crippen LogP contribution >= 0.6 is 11.3 Å². The molecular weight excluding hydrogens is 330 g/mol. The fourth-order valence-electron chi connectivity index (χ4n) is 3.95. The van der Waals surface area contributed by atoms with E-state index in [1.807, 2.05) is 22.3 Å². The Kier molecular flexibility index (Phi) is 5.04. The molecular formula is C20H25N3OS. The number of likely N-dealkylation sites (tertiary alicyclic amines) is 1. The summed E-state index contributed by atoms with van der Waals surface area (Å²) >= 11 is 1.81. The molecule has 3 heterocycles. The predicted octanol–water partition coefficient (Wildman–Crippen LogP) is 3.23. The Bertz CT molecular complexity index is 680. The van der Waals surface area contributed by atoms with Gasteiger partial charge >= 0.3 is 0 Å². The zero-order valence-electron chi connectivity index (χ0n) is 14.5. The first-order chi connectivity index (χ1) is 12.3. The fourth-order valence-corrected chi connectivity index (χ4v) is 4.84. The van der Waals surface area contributed by atoms with Crippen molar-refractivity contribution >= 4 is 22.9 Å². The molecule has 25 heavy (non-hydrogen) atoms. The van der Waals surface area contributed by atoms with Crippen LogP contribution in [0.4, 0.5) is 5.69 Å². The average molecular weight is 356 g/mol. The van der Waals surface area contributed by atoms with Crippen LogP contribution in [0.3, 0.4) is 0 Å². The SMILES string of the molecule is O=C(CN1CCC[C@@H]1c1cccs1)N1CCN(c2ccccc2)CC1. The Hall–Kier alpha value is -1.85. The lowest BCUT2D eigenvalue weighted by atomic mass is 10.2. The summed E-state index contributed by atoms with van der Waals surface area (Å²) in [6, 6.07) is 15.2. The van der Waals surface area contributed by atoms with Gasteiger partial charge in [0.2, 0.25) is 5.91 Å². The zero-order valence-corrected chi connectivity index (χ0v) is 15.3. The molecule has 4 rings (SSSR count). The van der Waals surface area contributed by atoms with E-state index in [-0.39, 0.29) is 5.91 Å². The maximum atomic E-state index is 12.8. The summed E-state index contributed by atoms with van der Waals surface area (Å²) < 4.78 is 0. The molecule has 4 nitrogen and oxygen atoms in total. The molecule has 2 aromatic rings. The molecule has 0 spiro atoms. The molecule has 132 valence electrons. The van der Waals surface area contributed by atoms with Crippen LogP contribution in [0.15, 0.2) is 47.8 Å². The molecule has 2 aliphatic heterocycles. The second kappa shape index (κ2) is 7.58. The molecule has 0 N–H and O–H groups in total. The summed E-state index contributed by atoms with van der Waals surface area (Å²) in [5, 5.41) is 2.14. The van der Waals surface area contributed by atoms with E-state index < -0.39 is 0 Å². The van der Waals surface area contributed by atoms with E-state index in [1.54, 1.807) is 0 Å². The molecule has 0 saturated carbocycles. The van der Waals surface area contributed by atoms with E-state index in [0.717, 1.165) is 32.7 Å². The molecule has 0 radical (unpaired) electrons. The first-order valence-corrected chi connectivity index (χ1v) is 10.0. The lowest BCUT2D eigenvalue weighted by molar-refractivity contribution is -0.132. The van der Waals surface area contributed by atoms with Crippen molar-refractivity contribution in [2.24, 2.45) is 0 Å². The monoisotopic (exact) mass is 355 g/mol. The molecule has 5 heteroatoms. The van der Waals surface area contributed by atoms with Crippen molar-refractivity contribution in [1.29, 1.82) is 0 Å². The predicted molar refractivity (Wildman–Crippen MR) is 103 cm³/mol. The Morgan fingerprint density at radius 3 is 2.52 bits per heavy atom. The van der Waals surface area contributed by atoms with Gasteiger partial charge < -0.3 is 9.80 Å². The van der Waals surface area contributed by atoms with E-state index in [4.69, 9.17) is 0 Å². The van der Waals surface area contributed by atoms with Crippen LogP contribution in [-0.4, -0.2) is 55.0 Å². The molecule has 1 aromatic heterocycles. The van der Waals surface area contributed by atoms with Gasteiger partial charge in [-0.1, -0.05) is 24.3 Å². The topological polar surface area (TPSA) is 26.8 Å². The standard InChI is InChI=1S/C20H25N3OS/c24-20(16-23-10-4-8-18(23)19-9-5-15-25-19)22-13-11-21(12-14-22)17-6-2-1-3-7-17/h1-3,5-7,9,15,18H,4,8,10-14,16H2/t18-/m1/s1. The summed E-state index contributed by atoms with van der Waals surface area (Å²) in [6.07, 6.45) is 2.37. The van der Waals surface area contributed by atoms with Gasteiger partial charge in [-0.15, -0.1) is 11.3 Å². The first-order valence-electron chi connectivity index (χ1n) is 9.16. The van der Waals surface area contributed by atoms with Gasteiger partial charge in [-0.2, -0.15) is 0 Å². The minimum atomic E-state index is 0.288. The molecule has 0 unspecified atom stereocenters. The van der Waals surface area contributed by atoms with Gasteiger partial charge in [0.15, 0.2) is 0 Å². The highest BCUT2D eigenvalue weighted by molar-refractivity contribution is 7.10. The van der Waals surface area contributed by atoms with Crippen LogP contribution in [0, 0.1) is 0 Å². The molecule has 1 atom stereocenters. The zero-order chi connectivity index (χ0) is 17.1. The van der Waals surface area contributed by atoms with Crippen LogP contribution < -0.4 is 4.90 Å². The van der Waals surface area contributed by atoms with Crippen LogP contribution in [0.2, 0.25) is 0 Å². The van der Waals surface area contributed by atoms with E-state index in [2.05, 4.69) is 51.6 Å². The normalized spacial score (nSPS) is 21.7. The Labute approximate surface area is 153 Å². The lowest BCUT2D eigenvalue weighted by Crippen LogP contribution is -2.51. The van der Waals surface area contributed by atoms with Gasteiger partial charge in [-0.25, -0.2) is 0 Å². The molecule has 1 aromatic carbocycles. The Morgan fingerprint density at radius 1 is 1.00 bits per heavy atom. The summed E-state index contributed by atoms with van der Waals surface area (Å²) in [5.74, 6) is 0.288. The smallest absolute Gasteiger partial charge is 0.236 e. The molecule has 2 saturated heterocycles. The van der Waals surface area contributed by atoms with Gasteiger partial charge in [0, 0.05) is 42.8 Å². The van der Waals surface area contributed by atoms with Gasteiger partial charge in [-0.05, 0) is 43.0 Å². The quantitative estimate of drug-likeness (QED) is 0.842. The van der Waals surface area contributed by atoms with Crippen molar-refractivity contribution in [3.05, 3.63) is 52.7 Å². The summed E-state index contributed by atoms with van der Waals surface area (Å²) in [6.45, 7) is 5.09. The Balaban J connectivity index is 1.32. The largest absolute Gasteiger partial charge is 0.368 e. The summed E-state index contributed by atoms with van der Waals surface area (Å²) in [4.78, 5) is 21.0. The van der Waals surface area contributed by atoms with Crippen molar-refractivity contribution in [2.45, 2.75) is 18.9 Å². The number of amides is 1. The molecule has 2 fully saturated rings. The number of carbonyl (C=O) groups excluding carboxylic acids is 1. The number of hydrogen-bond acceptors (Lipinski definition) is 4. The average Bonchev–Trinajstić information content (AvgIpc) is 3.34. The number of nitrogens with zero attached hydrogens (tertiary/aromatic N) is 3. The van der Waals surface area contributed by atoms with Gasteiger partial charge in [0.05, 0.1) is 6.54 Å². The maximum Gasteiger partial charge on any atom is 0.236 e. The number of anilines is 1. The van der Waals surface area contributed by atoms with E-state index >= 15 is 0 Å². The van der Waals surface area contributed by atoms with Crippen LogP contribution in [-0.2, 0) is 4.79 Å². The van der Waals surface area contributed by atoms with Crippen molar-refractivity contribution in [2.75, 3.05) is 44.2 Å². The minimum Gasteiger partial charge on any atom is -0.368 e. The number of piperazine rings is 1. The summed E-state index contributed by atoms with van der Waals surface area (Å²) in [5.41, 5.74) is 1.26. The van der Waals surface area contributed by atoms with Crippen LogP contribution in [0.5, 0.6) is 0 Å². The molecule has 0 bridgehead atoms. The van der Waals surface area contributed by atoms with Gasteiger partial charge in [-0.3, -0.25) is 9.69 Å². The minimum absolute atomic E-state index is 0.288. The van der Waals surface area contributed by atoms with Crippen LogP contribution in [0.25, 0.3) is 0 Å². The van der Waals surface area contributed by atoms with E-state index in [0.29, 0.717) is 12.6 Å². The van der Waals surface area contributed by atoms with E-state index in [9.17, 15) is 4.79 Å². The molecule has 0 aliphatic carbocycles. The van der Waals surface area contributed by atoms with Crippen LogP contribution in [0.1, 0.15) is 23.8 Å². The van der Waals surface area contributed by atoms with Gasteiger partial charge in [0.1, 0.15) is 0 Å². The number of para-hydroxylation sites is 1. The summed E-state index contributed by atoms with van der Waals surface area (Å²) in [7, 11) is 0. The highest BCUT2D eigenvalue weighted by Crippen LogP contribution is 2.34. The third kappa shape index (κ3) is 3.72. The van der Waals surface area contributed by atoms with E-state index in [1.165, 1.54) is 23.4 Å². The number of rotatable bonds is 4. The van der Waals surface area contributed by atoms with Crippen molar-refractivity contribution in [3.8, 4) is 0 Å². The third-order valence-electron chi connectivity index (χ3n) is 5.33. The number of hydrogen-bond donors (Lipinski definition) is 0. The third-order valence-corrected chi connectivity index (χ3v) is 6.30.